The van der Waals surface area contributed by atoms with E-state index in [-0.39, 0.29) is 5.91 Å². The molecule has 1 amide bonds. The third-order valence-corrected chi connectivity index (χ3v) is 5.83. The van der Waals surface area contributed by atoms with Gasteiger partial charge in [-0.2, -0.15) is 0 Å². The lowest BCUT2D eigenvalue weighted by Crippen LogP contribution is -2.47. The van der Waals surface area contributed by atoms with Crippen LogP contribution in [0.15, 0.2) is 18.2 Å². The number of carboxylic acids is 1. The van der Waals surface area contributed by atoms with Gasteiger partial charge < -0.3 is 10.0 Å². The summed E-state index contributed by atoms with van der Waals surface area (Å²) >= 11 is 1.35. The fourth-order valence-electron chi connectivity index (χ4n) is 3.33. The van der Waals surface area contributed by atoms with Crippen molar-refractivity contribution in [3.8, 4) is 10.6 Å². The molecule has 0 unspecified atom stereocenters. The Morgan fingerprint density at radius 1 is 1.24 bits per heavy atom. The Labute approximate surface area is 151 Å². The van der Waals surface area contributed by atoms with E-state index in [0.717, 1.165) is 29.0 Å². The van der Waals surface area contributed by atoms with Crippen LogP contribution < -0.4 is 0 Å². The minimum atomic E-state index is -0.926. The van der Waals surface area contributed by atoms with Gasteiger partial charge in [0.25, 0.3) is 5.91 Å². The zero-order valence-corrected chi connectivity index (χ0v) is 15.5. The minimum Gasteiger partial charge on any atom is -0.480 e. The lowest BCUT2D eigenvalue weighted by Gasteiger charge is -2.32. The molecule has 1 aromatic carbocycles. The smallest absolute Gasteiger partial charge is 0.326 e. The molecule has 25 heavy (non-hydrogen) atoms. The molecule has 0 radical (unpaired) electrons. The first kappa shape index (κ1) is 17.6. The standard InChI is InChI=1S/C19H22N2O3S/c1-11-7-8-14(12(2)10-11)17-20-13(3)16(25-17)18(22)21-9-5-4-6-15(21)19(23)24/h7-8,10,15H,4-6,9H2,1-3H3,(H,23,24)/t15-/m0/s1. The van der Waals surface area contributed by atoms with Crippen LogP contribution in [0.2, 0.25) is 0 Å². The lowest BCUT2D eigenvalue weighted by atomic mass is 10.0. The SMILES string of the molecule is Cc1ccc(-c2nc(C)c(C(=O)N3CCCC[C@H]3C(=O)O)s2)c(C)c1. The number of benzene rings is 1. The molecule has 1 aromatic heterocycles. The van der Waals surface area contributed by atoms with Gasteiger partial charge in [-0.1, -0.05) is 23.8 Å². The van der Waals surface area contributed by atoms with Gasteiger partial charge in [-0.05, 0) is 45.6 Å². The quantitative estimate of drug-likeness (QED) is 0.905. The Bertz CT molecular complexity index is 828. The van der Waals surface area contributed by atoms with Crippen LogP contribution in [0.4, 0.5) is 0 Å². The number of amides is 1. The Balaban J connectivity index is 1.94. The topological polar surface area (TPSA) is 70.5 Å². The van der Waals surface area contributed by atoms with E-state index in [1.165, 1.54) is 21.8 Å². The summed E-state index contributed by atoms with van der Waals surface area (Å²) in [6, 6.07) is 5.43. The van der Waals surface area contributed by atoms with Gasteiger partial charge in [-0.15, -0.1) is 11.3 Å². The number of aromatic nitrogens is 1. The molecule has 1 aliphatic rings. The highest BCUT2D eigenvalue weighted by Gasteiger charge is 2.34. The number of thiazole rings is 1. The number of aliphatic carboxylic acids is 1. The molecule has 0 bridgehead atoms. The molecule has 1 fully saturated rings. The summed E-state index contributed by atoms with van der Waals surface area (Å²) in [6.07, 6.45) is 2.20. The van der Waals surface area contributed by atoms with Gasteiger partial charge in [0.15, 0.2) is 0 Å². The van der Waals surface area contributed by atoms with Gasteiger partial charge >= 0.3 is 5.97 Å². The summed E-state index contributed by atoms with van der Waals surface area (Å²) < 4.78 is 0. The molecule has 2 aromatic rings. The normalized spacial score (nSPS) is 17.6. The molecule has 0 saturated carbocycles. The highest BCUT2D eigenvalue weighted by molar-refractivity contribution is 7.17. The number of hydrogen-bond acceptors (Lipinski definition) is 4. The molecule has 132 valence electrons. The van der Waals surface area contributed by atoms with Crippen molar-refractivity contribution in [2.75, 3.05) is 6.54 Å². The maximum atomic E-state index is 13.0. The van der Waals surface area contributed by atoms with Crippen LogP contribution in [-0.2, 0) is 4.79 Å². The maximum absolute atomic E-state index is 13.0. The van der Waals surface area contributed by atoms with Crippen molar-refractivity contribution in [1.82, 2.24) is 9.88 Å². The van der Waals surface area contributed by atoms with Crippen molar-refractivity contribution < 1.29 is 14.7 Å². The monoisotopic (exact) mass is 358 g/mol. The highest BCUT2D eigenvalue weighted by Crippen LogP contribution is 2.32. The van der Waals surface area contributed by atoms with E-state index >= 15 is 0 Å². The summed E-state index contributed by atoms with van der Waals surface area (Å²) in [7, 11) is 0. The summed E-state index contributed by atoms with van der Waals surface area (Å²) in [5, 5.41) is 10.2. The molecule has 0 spiro atoms. The minimum absolute atomic E-state index is 0.210. The third kappa shape index (κ3) is 3.44. The number of carboxylic acid groups (broad SMARTS) is 1. The average molecular weight is 358 g/mol. The summed E-state index contributed by atoms with van der Waals surface area (Å²) in [6.45, 7) is 6.38. The number of carbonyl (C=O) groups is 2. The van der Waals surface area contributed by atoms with Crippen LogP contribution in [0.3, 0.4) is 0 Å². The van der Waals surface area contributed by atoms with Crippen LogP contribution in [0, 0.1) is 20.8 Å². The van der Waals surface area contributed by atoms with Crippen molar-refractivity contribution in [1.29, 1.82) is 0 Å². The molecule has 0 aliphatic carbocycles. The van der Waals surface area contributed by atoms with E-state index in [1.807, 2.05) is 32.9 Å². The van der Waals surface area contributed by atoms with E-state index in [1.54, 1.807) is 0 Å². The second kappa shape index (κ2) is 6.96. The third-order valence-electron chi connectivity index (χ3n) is 4.65. The van der Waals surface area contributed by atoms with Crippen molar-refractivity contribution in [2.45, 2.75) is 46.1 Å². The number of carbonyl (C=O) groups excluding carboxylic acids is 1. The molecule has 1 N–H and O–H groups in total. The molecule has 2 heterocycles. The molecule has 3 rings (SSSR count). The van der Waals surface area contributed by atoms with Crippen molar-refractivity contribution >= 4 is 23.2 Å². The van der Waals surface area contributed by atoms with Crippen molar-refractivity contribution in [3.63, 3.8) is 0 Å². The predicted molar refractivity (Wildman–Crippen MR) is 98.1 cm³/mol. The number of rotatable bonds is 3. The van der Waals surface area contributed by atoms with E-state index in [2.05, 4.69) is 11.1 Å². The van der Waals surface area contributed by atoms with Crippen molar-refractivity contribution in [2.24, 2.45) is 0 Å². The van der Waals surface area contributed by atoms with Crippen LogP contribution in [0.25, 0.3) is 10.6 Å². The van der Waals surface area contributed by atoms with E-state index in [4.69, 9.17) is 0 Å². The molecule has 1 atom stereocenters. The van der Waals surface area contributed by atoms with Gasteiger partial charge in [0, 0.05) is 12.1 Å². The van der Waals surface area contributed by atoms with E-state index in [0.29, 0.717) is 23.5 Å². The Hall–Kier alpha value is -2.21. The molecule has 1 aliphatic heterocycles. The number of aryl methyl sites for hydroxylation is 3. The van der Waals surface area contributed by atoms with Crippen LogP contribution in [0.1, 0.15) is 45.8 Å². The zero-order valence-electron chi connectivity index (χ0n) is 14.7. The van der Waals surface area contributed by atoms with Gasteiger partial charge in [0.1, 0.15) is 15.9 Å². The van der Waals surface area contributed by atoms with Crippen LogP contribution in [0.5, 0.6) is 0 Å². The first-order valence-corrected chi connectivity index (χ1v) is 9.29. The first-order valence-electron chi connectivity index (χ1n) is 8.47. The van der Waals surface area contributed by atoms with Crippen molar-refractivity contribution in [3.05, 3.63) is 39.9 Å². The first-order chi connectivity index (χ1) is 11.9. The predicted octanol–water partition coefficient (Wildman–Crippen LogP) is 3.81. The zero-order chi connectivity index (χ0) is 18.1. The maximum Gasteiger partial charge on any atom is 0.326 e. The second-order valence-electron chi connectivity index (χ2n) is 6.60. The fourth-order valence-corrected chi connectivity index (χ4v) is 4.44. The van der Waals surface area contributed by atoms with Gasteiger partial charge in [0.05, 0.1) is 5.69 Å². The number of likely N-dealkylation sites (tertiary alicyclic amines) is 1. The molecular weight excluding hydrogens is 336 g/mol. The summed E-state index contributed by atoms with van der Waals surface area (Å²) in [4.78, 5) is 31.1. The van der Waals surface area contributed by atoms with Crippen LogP contribution >= 0.6 is 11.3 Å². The molecule has 1 saturated heterocycles. The second-order valence-corrected chi connectivity index (χ2v) is 7.60. The summed E-state index contributed by atoms with van der Waals surface area (Å²) in [5.41, 5.74) is 3.99. The van der Waals surface area contributed by atoms with E-state index < -0.39 is 12.0 Å². The molecule has 5 nitrogen and oxygen atoms in total. The molecule has 6 heteroatoms. The number of nitrogens with zero attached hydrogens (tertiary/aromatic N) is 2. The lowest BCUT2D eigenvalue weighted by molar-refractivity contribution is -0.143. The van der Waals surface area contributed by atoms with E-state index in [9.17, 15) is 14.7 Å². The Morgan fingerprint density at radius 3 is 2.68 bits per heavy atom. The Morgan fingerprint density at radius 2 is 2.00 bits per heavy atom. The average Bonchev–Trinajstić information content (AvgIpc) is 2.95. The van der Waals surface area contributed by atoms with Gasteiger partial charge in [0.2, 0.25) is 0 Å². The summed E-state index contributed by atoms with van der Waals surface area (Å²) in [5.74, 6) is -1.14. The van der Waals surface area contributed by atoms with Gasteiger partial charge in [-0.25, -0.2) is 9.78 Å². The Kier molecular flexibility index (Phi) is 4.90. The number of hydrogen-bond donors (Lipinski definition) is 1. The fraction of sp³-hybridized carbons (Fsp3) is 0.421. The highest BCUT2D eigenvalue weighted by atomic mass is 32.1. The van der Waals surface area contributed by atoms with Gasteiger partial charge in [-0.3, -0.25) is 4.79 Å². The largest absolute Gasteiger partial charge is 0.480 e. The molecular formula is C19H22N2O3S. The number of piperidine rings is 1. The van der Waals surface area contributed by atoms with Crippen LogP contribution in [-0.4, -0.2) is 39.5 Å².